The third-order valence-electron chi connectivity index (χ3n) is 10.6. The number of rotatable bonds is 12. The molecule has 4 heteroatoms. The Balaban J connectivity index is 1.27. The highest BCUT2D eigenvalue weighted by molar-refractivity contribution is 5.45. The molecule has 5 rings (SSSR count). The van der Waals surface area contributed by atoms with Gasteiger partial charge in [-0.15, -0.1) is 0 Å². The summed E-state index contributed by atoms with van der Waals surface area (Å²) in [5.41, 5.74) is 4.57. The first-order chi connectivity index (χ1) is 24.5. The van der Waals surface area contributed by atoms with E-state index in [1.807, 2.05) is 0 Å². The SMILES string of the molecule is CC1CC(C)(C)CC(c2ccc(OCC(C)(C)Oc3ccc(C(C)(C)C)cc3)cc2)(c2ccc(OC(C)(C)COc3ccc(C(C)(C)C)cc3)cc2)C1. The van der Waals surface area contributed by atoms with Crippen molar-refractivity contribution in [3.63, 3.8) is 0 Å². The number of benzene rings is 4. The maximum absolute atomic E-state index is 6.52. The van der Waals surface area contributed by atoms with Crippen LogP contribution in [0.3, 0.4) is 0 Å². The van der Waals surface area contributed by atoms with Crippen LogP contribution in [0.4, 0.5) is 0 Å². The standard InChI is InChI=1S/C49H66O4/c1-35-30-46(8,9)32-49(31-35,38-18-24-41(25-19-38)51-34-47(10,11)52-42-26-16-37(17-27-42)45(5,6)7)39-20-28-43(29-21-39)53-48(12,13)33-50-40-22-14-36(15-23-40)44(2,3)4/h14-29,35H,30-34H2,1-13H3. The third-order valence-corrected chi connectivity index (χ3v) is 10.6. The molecule has 2 unspecified atom stereocenters. The topological polar surface area (TPSA) is 36.9 Å². The normalized spacial score (nSPS) is 19.4. The van der Waals surface area contributed by atoms with Crippen molar-refractivity contribution >= 4 is 0 Å². The molecule has 2 atom stereocenters. The summed E-state index contributed by atoms with van der Waals surface area (Å²) in [4.78, 5) is 0. The van der Waals surface area contributed by atoms with E-state index in [1.54, 1.807) is 0 Å². The first-order valence-corrected chi connectivity index (χ1v) is 19.6. The molecular weight excluding hydrogens is 653 g/mol. The van der Waals surface area contributed by atoms with Gasteiger partial charge in [-0.05, 0) is 140 Å². The van der Waals surface area contributed by atoms with Gasteiger partial charge in [0.25, 0.3) is 0 Å². The van der Waals surface area contributed by atoms with Crippen molar-refractivity contribution in [2.45, 2.75) is 137 Å². The lowest BCUT2D eigenvalue weighted by molar-refractivity contribution is 0.0518. The average molecular weight is 719 g/mol. The van der Waals surface area contributed by atoms with Crippen LogP contribution >= 0.6 is 0 Å². The van der Waals surface area contributed by atoms with Gasteiger partial charge in [0.1, 0.15) is 47.4 Å². The van der Waals surface area contributed by atoms with Crippen molar-refractivity contribution in [1.82, 2.24) is 0 Å². The molecule has 0 heterocycles. The van der Waals surface area contributed by atoms with Crippen LogP contribution < -0.4 is 18.9 Å². The quantitative estimate of drug-likeness (QED) is 0.146. The summed E-state index contributed by atoms with van der Waals surface area (Å²) >= 11 is 0. The fourth-order valence-corrected chi connectivity index (χ4v) is 8.18. The maximum atomic E-state index is 6.52. The van der Waals surface area contributed by atoms with E-state index < -0.39 is 11.2 Å². The van der Waals surface area contributed by atoms with Crippen molar-refractivity contribution in [2.24, 2.45) is 11.3 Å². The minimum absolute atomic E-state index is 0.110. The van der Waals surface area contributed by atoms with Gasteiger partial charge in [-0.25, -0.2) is 0 Å². The highest BCUT2D eigenvalue weighted by Gasteiger charge is 2.45. The Hall–Kier alpha value is -3.92. The van der Waals surface area contributed by atoms with E-state index in [1.165, 1.54) is 28.7 Å². The molecule has 53 heavy (non-hydrogen) atoms. The molecule has 1 saturated carbocycles. The Morgan fingerprint density at radius 1 is 0.491 bits per heavy atom. The van der Waals surface area contributed by atoms with Crippen molar-refractivity contribution in [3.05, 3.63) is 119 Å². The molecule has 4 aromatic rings. The zero-order chi connectivity index (χ0) is 38.9. The van der Waals surface area contributed by atoms with Gasteiger partial charge in [-0.3, -0.25) is 0 Å². The first-order valence-electron chi connectivity index (χ1n) is 19.6. The van der Waals surface area contributed by atoms with Gasteiger partial charge in [0.15, 0.2) is 0 Å². The third kappa shape index (κ3) is 10.6. The Labute approximate surface area is 321 Å². The van der Waals surface area contributed by atoms with E-state index in [0.717, 1.165) is 35.8 Å². The van der Waals surface area contributed by atoms with Crippen molar-refractivity contribution in [3.8, 4) is 23.0 Å². The molecule has 0 N–H and O–H groups in total. The molecule has 0 spiro atoms. The van der Waals surface area contributed by atoms with Crippen LogP contribution in [-0.4, -0.2) is 24.4 Å². The predicted octanol–water partition coefficient (Wildman–Crippen LogP) is 12.9. The molecule has 1 aliphatic carbocycles. The summed E-state index contributed by atoms with van der Waals surface area (Å²) in [6.07, 6.45) is 3.39. The largest absolute Gasteiger partial charge is 0.489 e. The summed E-state index contributed by atoms with van der Waals surface area (Å²) in [5, 5.41) is 0. The van der Waals surface area contributed by atoms with E-state index in [2.05, 4.69) is 187 Å². The van der Waals surface area contributed by atoms with Crippen LogP contribution in [0.2, 0.25) is 0 Å². The van der Waals surface area contributed by atoms with Crippen molar-refractivity contribution < 1.29 is 18.9 Å². The van der Waals surface area contributed by atoms with E-state index in [9.17, 15) is 0 Å². The molecule has 286 valence electrons. The first kappa shape index (κ1) is 40.3. The number of hydrogen-bond donors (Lipinski definition) is 0. The molecule has 0 aromatic heterocycles. The Kier molecular flexibility index (Phi) is 11.5. The van der Waals surface area contributed by atoms with Crippen LogP contribution in [-0.2, 0) is 16.2 Å². The lowest BCUT2D eigenvalue weighted by Crippen LogP contribution is -2.41. The van der Waals surface area contributed by atoms with E-state index in [0.29, 0.717) is 19.1 Å². The van der Waals surface area contributed by atoms with Crippen molar-refractivity contribution in [2.75, 3.05) is 13.2 Å². The Morgan fingerprint density at radius 3 is 1.19 bits per heavy atom. The summed E-state index contributed by atoms with van der Waals surface area (Å²) in [6.45, 7) is 29.8. The molecule has 1 fully saturated rings. The van der Waals surface area contributed by atoms with E-state index in [-0.39, 0.29) is 21.7 Å². The average Bonchev–Trinajstić information content (AvgIpc) is 3.05. The second-order valence-electron chi connectivity index (χ2n) is 19.8. The second-order valence-corrected chi connectivity index (χ2v) is 19.8. The zero-order valence-electron chi connectivity index (χ0n) is 35.0. The second kappa shape index (κ2) is 15.1. The number of ether oxygens (including phenoxy) is 4. The Morgan fingerprint density at radius 2 is 0.830 bits per heavy atom. The Bertz CT molecular complexity index is 1770. The molecule has 0 aliphatic heterocycles. The number of hydrogen-bond acceptors (Lipinski definition) is 4. The van der Waals surface area contributed by atoms with Crippen LogP contribution in [0.15, 0.2) is 97.1 Å². The van der Waals surface area contributed by atoms with Crippen LogP contribution in [0.25, 0.3) is 0 Å². The minimum atomic E-state index is -0.504. The fraction of sp³-hybridized carbons (Fsp3) is 0.510. The van der Waals surface area contributed by atoms with E-state index in [4.69, 9.17) is 18.9 Å². The summed E-state index contributed by atoms with van der Waals surface area (Å²) in [7, 11) is 0. The molecule has 0 bridgehead atoms. The minimum Gasteiger partial charge on any atom is -0.489 e. The molecule has 0 radical (unpaired) electrons. The molecule has 0 saturated heterocycles. The molecule has 0 amide bonds. The van der Waals surface area contributed by atoms with Gasteiger partial charge in [0, 0.05) is 5.41 Å². The highest BCUT2D eigenvalue weighted by Crippen LogP contribution is 2.54. The highest BCUT2D eigenvalue weighted by atomic mass is 16.5. The van der Waals surface area contributed by atoms with Gasteiger partial charge in [-0.2, -0.15) is 0 Å². The van der Waals surface area contributed by atoms with Gasteiger partial charge in [-0.1, -0.05) is 111 Å². The summed E-state index contributed by atoms with van der Waals surface area (Å²) < 4.78 is 25.4. The molecule has 4 aromatic carbocycles. The van der Waals surface area contributed by atoms with E-state index >= 15 is 0 Å². The van der Waals surface area contributed by atoms with Gasteiger partial charge in [0.2, 0.25) is 0 Å². The van der Waals surface area contributed by atoms with Crippen LogP contribution in [0.1, 0.15) is 132 Å². The van der Waals surface area contributed by atoms with Gasteiger partial charge >= 0.3 is 0 Å². The van der Waals surface area contributed by atoms with Gasteiger partial charge < -0.3 is 18.9 Å². The van der Waals surface area contributed by atoms with Crippen molar-refractivity contribution in [1.29, 1.82) is 0 Å². The molecule has 1 aliphatic rings. The summed E-state index contributed by atoms with van der Waals surface area (Å²) in [6, 6.07) is 34.5. The fourth-order valence-electron chi connectivity index (χ4n) is 8.18. The maximum Gasteiger partial charge on any atom is 0.137 e. The lowest BCUT2D eigenvalue weighted by atomic mass is 9.55. The predicted molar refractivity (Wildman–Crippen MR) is 221 cm³/mol. The van der Waals surface area contributed by atoms with Crippen LogP contribution in [0, 0.1) is 11.3 Å². The monoisotopic (exact) mass is 718 g/mol. The van der Waals surface area contributed by atoms with Crippen LogP contribution in [0.5, 0.6) is 23.0 Å². The zero-order valence-corrected chi connectivity index (χ0v) is 35.0. The summed E-state index contributed by atoms with van der Waals surface area (Å²) in [5.74, 6) is 4.01. The lowest BCUT2D eigenvalue weighted by Gasteiger charge is -2.48. The molecular formula is C49H66O4. The smallest absolute Gasteiger partial charge is 0.137 e. The molecule has 4 nitrogen and oxygen atoms in total. The van der Waals surface area contributed by atoms with Gasteiger partial charge in [0.05, 0.1) is 0 Å².